The van der Waals surface area contributed by atoms with E-state index in [9.17, 15) is 0 Å². The molecule has 0 amide bonds. The van der Waals surface area contributed by atoms with Gasteiger partial charge in [0.05, 0.1) is 0 Å². The molecule has 0 aromatic rings. The van der Waals surface area contributed by atoms with Gasteiger partial charge in [0.1, 0.15) is 0 Å². The largest absolute Gasteiger partial charge is 3.00 e. The summed E-state index contributed by atoms with van der Waals surface area (Å²) in [5, 5.41) is 7.91. The third-order valence-corrected chi connectivity index (χ3v) is 1.22. The van der Waals surface area contributed by atoms with Gasteiger partial charge in [0.15, 0.2) is 0 Å². The second kappa shape index (κ2) is 18.5. The van der Waals surface area contributed by atoms with Crippen molar-refractivity contribution >= 4 is 0 Å². The molecule has 0 heterocycles. The summed E-state index contributed by atoms with van der Waals surface area (Å²) < 4.78 is 0. The number of rotatable bonds is 5. The summed E-state index contributed by atoms with van der Waals surface area (Å²) in [7, 11) is 5.93. The SMILES string of the molecule is CC[N-]CC.C[N-]CCN(C)C.[Zr+3]. The normalized spacial score (nSPS) is 8.77. The summed E-state index contributed by atoms with van der Waals surface area (Å²) >= 11 is 0. The van der Waals surface area contributed by atoms with Crippen molar-refractivity contribution in [3.63, 3.8) is 0 Å². The summed E-state index contributed by atoms with van der Waals surface area (Å²) in [5.74, 6) is 0. The first kappa shape index (κ1) is 19.4. The van der Waals surface area contributed by atoms with Crippen molar-refractivity contribution in [2.75, 3.05) is 47.3 Å². The zero-order valence-corrected chi connectivity index (χ0v) is 12.1. The van der Waals surface area contributed by atoms with Crippen LogP contribution >= 0.6 is 0 Å². The van der Waals surface area contributed by atoms with Gasteiger partial charge in [-0.05, 0) is 20.6 Å². The average Bonchev–Trinajstić information content (AvgIpc) is 2.03. The van der Waals surface area contributed by atoms with Crippen LogP contribution in [-0.2, 0) is 26.2 Å². The molecule has 3 nitrogen and oxygen atoms in total. The predicted octanol–water partition coefficient (Wildman–Crippen LogP) is 1.95. The van der Waals surface area contributed by atoms with E-state index in [1.807, 2.05) is 35.0 Å². The fourth-order valence-corrected chi connectivity index (χ4v) is 0.524. The summed E-state index contributed by atoms with van der Waals surface area (Å²) in [6.07, 6.45) is 0. The Morgan fingerprint density at radius 3 is 1.62 bits per heavy atom. The first-order valence-electron chi connectivity index (χ1n) is 4.52. The Morgan fingerprint density at radius 1 is 1.08 bits per heavy atom. The smallest absolute Gasteiger partial charge is 0.664 e. The maximum atomic E-state index is 3.97. The predicted molar refractivity (Wildman–Crippen MR) is 57.1 cm³/mol. The molecule has 0 aromatic heterocycles. The topological polar surface area (TPSA) is 31.4 Å². The van der Waals surface area contributed by atoms with Crippen LogP contribution in [0.1, 0.15) is 13.8 Å². The van der Waals surface area contributed by atoms with Crippen molar-refractivity contribution in [1.29, 1.82) is 0 Å². The first-order valence-corrected chi connectivity index (χ1v) is 4.52. The molecule has 0 saturated heterocycles. The van der Waals surface area contributed by atoms with Gasteiger partial charge in [-0.1, -0.05) is 13.8 Å². The number of hydrogen-bond donors (Lipinski definition) is 0. The Morgan fingerprint density at radius 2 is 1.54 bits per heavy atom. The van der Waals surface area contributed by atoms with Crippen LogP contribution in [-0.4, -0.2) is 52.2 Å². The van der Waals surface area contributed by atoms with Gasteiger partial charge in [-0.15, -0.1) is 6.54 Å². The summed E-state index contributed by atoms with van der Waals surface area (Å²) in [4.78, 5) is 2.12. The second-order valence-electron chi connectivity index (χ2n) is 2.70. The third kappa shape index (κ3) is 32.3. The van der Waals surface area contributed by atoms with E-state index in [0.717, 1.165) is 26.2 Å². The van der Waals surface area contributed by atoms with Crippen LogP contribution in [0.3, 0.4) is 0 Å². The van der Waals surface area contributed by atoms with Crippen molar-refractivity contribution < 1.29 is 26.2 Å². The van der Waals surface area contributed by atoms with Crippen molar-refractivity contribution in [3.8, 4) is 0 Å². The van der Waals surface area contributed by atoms with Crippen molar-refractivity contribution in [3.05, 3.63) is 10.6 Å². The van der Waals surface area contributed by atoms with Gasteiger partial charge in [0.2, 0.25) is 0 Å². The summed E-state index contributed by atoms with van der Waals surface area (Å²) in [6.45, 7) is 8.05. The van der Waals surface area contributed by atoms with Crippen molar-refractivity contribution in [2.45, 2.75) is 13.8 Å². The molecule has 0 aliphatic rings. The molecular weight excluding hydrogens is 241 g/mol. The molecule has 4 heteroatoms. The molecule has 0 aliphatic heterocycles. The molecule has 0 fully saturated rings. The van der Waals surface area contributed by atoms with Crippen molar-refractivity contribution in [1.82, 2.24) is 4.90 Å². The van der Waals surface area contributed by atoms with Crippen LogP contribution in [0.25, 0.3) is 10.6 Å². The fraction of sp³-hybridized carbons (Fsp3) is 1.00. The Bertz CT molecular complexity index is 67.9. The van der Waals surface area contributed by atoms with Crippen LogP contribution in [0, 0.1) is 0 Å². The molecule has 13 heavy (non-hydrogen) atoms. The molecule has 0 aliphatic carbocycles. The molecule has 0 atom stereocenters. The van der Waals surface area contributed by atoms with E-state index >= 15 is 0 Å². The minimum Gasteiger partial charge on any atom is -0.664 e. The van der Waals surface area contributed by atoms with E-state index in [1.165, 1.54) is 0 Å². The summed E-state index contributed by atoms with van der Waals surface area (Å²) in [5.41, 5.74) is 0. The van der Waals surface area contributed by atoms with Crippen molar-refractivity contribution in [2.24, 2.45) is 0 Å². The fourth-order valence-electron chi connectivity index (χ4n) is 0.524. The standard InChI is InChI=1S/C5H13N2.C4H10N.Zr/c1-6-4-5-7(2)3;1-3-5-4-2;/h4-5H2,1-3H3;3-4H2,1-2H3;/q2*-1;+3. The van der Waals surface area contributed by atoms with Gasteiger partial charge in [-0.25, -0.2) is 0 Å². The van der Waals surface area contributed by atoms with Gasteiger partial charge < -0.3 is 15.5 Å². The van der Waals surface area contributed by atoms with E-state index in [4.69, 9.17) is 0 Å². The maximum absolute atomic E-state index is 3.97. The van der Waals surface area contributed by atoms with Crippen LogP contribution < -0.4 is 0 Å². The molecule has 0 N–H and O–H groups in total. The average molecular weight is 265 g/mol. The van der Waals surface area contributed by atoms with Crippen LogP contribution in [0.5, 0.6) is 0 Å². The molecule has 0 bridgehead atoms. The minimum atomic E-state index is 0. The minimum absolute atomic E-state index is 0. The van der Waals surface area contributed by atoms with E-state index in [-0.39, 0.29) is 26.2 Å². The molecule has 0 saturated carbocycles. The van der Waals surface area contributed by atoms with Gasteiger partial charge in [-0.3, -0.25) is 0 Å². The van der Waals surface area contributed by atoms with E-state index in [1.54, 1.807) is 0 Å². The zero-order valence-electron chi connectivity index (χ0n) is 9.67. The zero-order chi connectivity index (χ0) is 9.82. The molecule has 0 unspecified atom stereocenters. The van der Waals surface area contributed by atoms with E-state index in [2.05, 4.69) is 15.5 Å². The monoisotopic (exact) mass is 263 g/mol. The van der Waals surface area contributed by atoms with Gasteiger partial charge in [0, 0.05) is 0 Å². The molecular formula is C9H23N3Zr+. The Labute approximate surface area is 103 Å². The second-order valence-corrected chi connectivity index (χ2v) is 2.70. The Kier molecular flexibility index (Phi) is 27.6. The van der Waals surface area contributed by atoms with E-state index in [0.29, 0.717) is 0 Å². The molecule has 0 spiro atoms. The quantitative estimate of drug-likeness (QED) is 0.747. The van der Waals surface area contributed by atoms with E-state index < -0.39 is 0 Å². The number of hydrogen-bond acceptors (Lipinski definition) is 1. The number of nitrogens with zero attached hydrogens (tertiary/aromatic N) is 3. The molecule has 0 rings (SSSR count). The summed E-state index contributed by atoms with van der Waals surface area (Å²) in [6, 6.07) is 0. The maximum Gasteiger partial charge on any atom is 3.00 e. The Hall–Kier alpha value is 0.763. The van der Waals surface area contributed by atoms with Crippen LogP contribution in [0.2, 0.25) is 0 Å². The van der Waals surface area contributed by atoms with Gasteiger partial charge >= 0.3 is 26.2 Å². The molecule has 77 valence electrons. The van der Waals surface area contributed by atoms with Gasteiger partial charge in [0.25, 0.3) is 0 Å². The third-order valence-electron chi connectivity index (χ3n) is 1.22. The Balaban J connectivity index is -0.000000150. The van der Waals surface area contributed by atoms with Crippen LogP contribution in [0.15, 0.2) is 0 Å². The molecule has 1 radical (unpaired) electrons. The molecule has 0 aromatic carbocycles. The van der Waals surface area contributed by atoms with Crippen LogP contribution in [0.4, 0.5) is 0 Å². The van der Waals surface area contributed by atoms with Gasteiger partial charge in [-0.2, -0.15) is 20.1 Å². The number of likely N-dealkylation sites (N-methyl/N-ethyl adjacent to an activating group) is 2. The first-order chi connectivity index (χ1) is 5.68.